The molecule has 2 heterocycles. The number of fused-ring (bicyclic) bond motifs is 3. The Balaban J connectivity index is 1.26. The van der Waals surface area contributed by atoms with E-state index in [-0.39, 0.29) is 0 Å². The SMILES string of the molecule is C/C=C(\C=C/CC)c1cc(-c2ccccc2)nc(-c2ccc(N(c3ccc(-c4ccccc4)cc3)c3ccc(-c4ccccc4)cc3)c3c2oc2ccccc23)n1. The van der Waals surface area contributed by atoms with Crippen molar-refractivity contribution in [1.29, 1.82) is 0 Å². The lowest BCUT2D eigenvalue weighted by Crippen LogP contribution is -2.10. The van der Waals surface area contributed by atoms with Gasteiger partial charge in [-0.25, -0.2) is 9.97 Å². The molecule has 57 heavy (non-hydrogen) atoms. The molecule has 7 aromatic carbocycles. The highest BCUT2D eigenvalue weighted by Crippen LogP contribution is 2.46. The van der Waals surface area contributed by atoms with E-state index in [9.17, 15) is 0 Å². The fourth-order valence-corrected chi connectivity index (χ4v) is 7.51. The first-order valence-electron chi connectivity index (χ1n) is 19.5. The molecule has 0 radical (unpaired) electrons. The predicted octanol–water partition coefficient (Wildman–Crippen LogP) is 14.9. The molecule has 274 valence electrons. The van der Waals surface area contributed by atoms with Gasteiger partial charge in [-0.2, -0.15) is 0 Å². The highest BCUT2D eigenvalue weighted by atomic mass is 16.3. The number of para-hydroxylation sites is 1. The summed E-state index contributed by atoms with van der Waals surface area (Å²) < 4.78 is 6.86. The molecule has 0 atom stereocenters. The lowest BCUT2D eigenvalue weighted by molar-refractivity contribution is 0.669. The Kier molecular flexibility index (Phi) is 9.82. The summed E-state index contributed by atoms with van der Waals surface area (Å²) in [5, 5.41) is 2.02. The van der Waals surface area contributed by atoms with Crippen LogP contribution in [0.25, 0.3) is 72.4 Å². The number of hydrogen-bond acceptors (Lipinski definition) is 4. The van der Waals surface area contributed by atoms with E-state index in [1.54, 1.807) is 0 Å². The average molecular weight is 736 g/mol. The van der Waals surface area contributed by atoms with Crippen molar-refractivity contribution < 1.29 is 4.42 Å². The van der Waals surface area contributed by atoms with Gasteiger partial charge in [0.05, 0.1) is 28.0 Å². The van der Waals surface area contributed by atoms with E-state index in [1.165, 1.54) is 11.1 Å². The molecule has 0 N–H and O–H groups in total. The topological polar surface area (TPSA) is 42.2 Å². The van der Waals surface area contributed by atoms with Gasteiger partial charge in [0, 0.05) is 22.3 Å². The van der Waals surface area contributed by atoms with Gasteiger partial charge in [-0.05, 0) is 89.7 Å². The zero-order valence-electron chi connectivity index (χ0n) is 32.0. The van der Waals surface area contributed by atoms with Gasteiger partial charge in [-0.15, -0.1) is 0 Å². The second-order valence-electron chi connectivity index (χ2n) is 14.0. The summed E-state index contributed by atoms with van der Waals surface area (Å²) in [6, 6.07) is 63.6. The summed E-state index contributed by atoms with van der Waals surface area (Å²) in [6.07, 6.45) is 7.35. The van der Waals surface area contributed by atoms with E-state index < -0.39 is 0 Å². The molecule has 0 unspecified atom stereocenters. The molecule has 0 bridgehead atoms. The van der Waals surface area contributed by atoms with Crippen LogP contribution < -0.4 is 4.90 Å². The molecule has 0 aliphatic carbocycles. The van der Waals surface area contributed by atoms with Gasteiger partial charge in [0.2, 0.25) is 0 Å². The molecule has 0 aliphatic heterocycles. The Morgan fingerprint density at radius 2 is 1.12 bits per heavy atom. The Morgan fingerprint density at radius 3 is 1.70 bits per heavy atom. The highest BCUT2D eigenvalue weighted by molar-refractivity contribution is 6.16. The Morgan fingerprint density at radius 1 is 0.579 bits per heavy atom. The monoisotopic (exact) mass is 735 g/mol. The van der Waals surface area contributed by atoms with Crippen LogP contribution in [-0.4, -0.2) is 9.97 Å². The summed E-state index contributed by atoms with van der Waals surface area (Å²) in [5.74, 6) is 0.609. The van der Waals surface area contributed by atoms with Gasteiger partial charge >= 0.3 is 0 Å². The highest BCUT2D eigenvalue weighted by Gasteiger charge is 2.24. The average Bonchev–Trinajstić information content (AvgIpc) is 3.68. The van der Waals surface area contributed by atoms with Crippen molar-refractivity contribution in [2.45, 2.75) is 20.3 Å². The largest absolute Gasteiger partial charge is 0.455 e. The van der Waals surface area contributed by atoms with Gasteiger partial charge in [-0.3, -0.25) is 0 Å². The number of benzene rings is 7. The van der Waals surface area contributed by atoms with E-state index in [0.29, 0.717) is 5.82 Å². The summed E-state index contributed by atoms with van der Waals surface area (Å²) in [7, 11) is 0. The Hall–Kier alpha value is -7.30. The van der Waals surface area contributed by atoms with Crippen LogP contribution in [0.1, 0.15) is 26.0 Å². The van der Waals surface area contributed by atoms with Crippen LogP contribution in [0.15, 0.2) is 205 Å². The van der Waals surface area contributed by atoms with E-state index in [0.717, 1.165) is 84.6 Å². The van der Waals surface area contributed by atoms with E-state index in [1.807, 2.05) is 30.3 Å². The molecule has 0 fully saturated rings. The van der Waals surface area contributed by atoms with Crippen molar-refractivity contribution in [2.24, 2.45) is 0 Å². The fourth-order valence-electron chi connectivity index (χ4n) is 7.51. The summed E-state index contributed by atoms with van der Waals surface area (Å²) >= 11 is 0. The minimum absolute atomic E-state index is 0.609. The number of allylic oxidation sites excluding steroid dienone is 4. The first kappa shape index (κ1) is 35.4. The van der Waals surface area contributed by atoms with E-state index in [2.05, 4.69) is 189 Å². The molecule has 9 aromatic rings. The minimum atomic E-state index is 0.609. The second kappa shape index (κ2) is 15.8. The third kappa shape index (κ3) is 7.05. The van der Waals surface area contributed by atoms with Gasteiger partial charge in [0.1, 0.15) is 11.2 Å². The first-order chi connectivity index (χ1) is 28.2. The number of aromatic nitrogens is 2. The fraction of sp³-hybridized carbons (Fsp3) is 0.0566. The lowest BCUT2D eigenvalue weighted by atomic mass is 10.0. The maximum atomic E-state index is 6.86. The van der Waals surface area contributed by atoms with Crippen LogP contribution in [-0.2, 0) is 0 Å². The summed E-state index contributed by atoms with van der Waals surface area (Å²) in [5.41, 5.74) is 13.9. The van der Waals surface area contributed by atoms with Crippen molar-refractivity contribution in [3.63, 3.8) is 0 Å². The van der Waals surface area contributed by atoms with Gasteiger partial charge in [0.15, 0.2) is 5.82 Å². The molecule has 0 spiro atoms. The smallest absolute Gasteiger partial charge is 0.164 e. The van der Waals surface area contributed by atoms with Crippen molar-refractivity contribution in [2.75, 3.05) is 4.90 Å². The Labute approximate surface area is 333 Å². The second-order valence-corrected chi connectivity index (χ2v) is 14.0. The molecule has 0 aliphatic rings. The molecule has 2 aromatic heterocycles. The third-order valence-electron chi connectivity index (χ3n) is 10.4. The molecular weight excluding hydrogens is 695 g/mol. The van der Waals surface area contributed by atoms with Crippen LogP contribution >= 0.6 is 0 Å². The number of rotatable bonds is 10. The normalized spacial score (nSPS) is 11.8. The van der Waals surface area contributed by atoms with Gasteiger partial charge in [0.25, 0.3) is 0 Å². The van der Waals surface area contributed by atoms with E-state index in [4.69, 9.17) is 14.4 Å². The zero-order chi connectivity index (χ0) is 38.6. The van der Waals surface area contributed by atoms with Crippen LogP contribution in [0.4, 0.5) is 17.1 Å². The van der Waals surface area contributed by atoms with Crippen LogP contribution in [0.2, 0.25) is 0 Å². The molecule has 9 rings (SSSR count). The predicted molar refractivity (Wildman–Crippen MR) is 239 cm³/mol. The van der Waals surface area contributed by atoms with Crippen molar-refractivity contribution in [3.05, 3.63) is 206 Å². The minimum Gasteiger partial charge on any atom is -0.455 e. The molecule has 0 amide bonds. The maximum Gasteiger partial charge on any atom is 0.164 e. The van der Waals surface area contributed by atoms with Crippen LogP contribution in [0.5, 0.6) is 0 Å². The number of anilines is 3. The van der Waals surface area contributed by atoms with Crippen LogP contribution in [0, 0.1) is 0 Å². The van der Waals surface area contributed by atoms with Gasteiger partial charge in [-0.1, -0.05) is 159 Å². The number of furan rings is 1. The molecule has 0 saturated heterocycles. The maximum absolute atomic E-state index is 6.86. The van der Waals surface area contributed by atoms with Crippen molar-refractivity contribution >= 4 is 44.6 Å². The van der Waals surface area contributed by atoms with Crippen molar-refractivity contribution in [1.82, 2.24) is 9.97 Å². The van der Waals surface area contributed by atoms with Crippen molar-refractivity contribution in [3.8, 4) is 44.9 Å². The lowest BCUT2D eigenvalue weighted by Gasteiger charge is -2.27. The molecule has 4 nitrogen and oxygen atoms in total. The quantitative estimate of drug-likeness (QED) is 0.131. The first-order valence-corrected chi connectivity index (χ1v) is 19.5. The molecule has 0 saturated carbocycles. The Bertz CT molecular complexity index is 2770. The zero-order valence-corrected chi connectivity index (χ0v) is 32.0. The third-order valence-corrected chi connectivity index (χ3v) is 10.4. The van der Waals surface area contributed by atoms with E-state index >= 15 is 0 Å². The molecular formula is C53H41N3O. The number of hydrogen-bond donors (Lipinski definition) is 0. The number of nitrogens with zero attached hydrogens (tertiary/aromatic N) is 3. The van der Waals surface area contributed by atoms with Crippen LogP contribution in [0.3, 0.4) is 0 Å². The standard InChI is InChI=1S/C53H41N3O/c1-3-5-17-37(4-2)47-36-48(42-22-13-8-14-23-42)55-53(54-47)46-34-35-49(51-45-24-15-16-25-50(45)57-52(46)51)56(43-30-26-40(27-31-43)38-18-9-6-10-19-38)44-32-28-41(29-33-44)39-20-11-7-12-21-39/h4-36H,3H2,1-2H3/b17-5-,37-4+. The summed E-state index contributed by atoms with van der Waals surface area (Å²) in [6.45, 7) is 4.20. The summed E-state index contributed by atoms with van der Waals surface area (Å²) in [4.78, 5) is 12.8. The van der Waals surface area contributed by atoms with Gasteiger partial charge < -0.3 is 9.32 Å². The molecule has 4 heteroatoms.